The molecule has 0 saturated carbocycles. The average Bonchev–Trinajstić information content (AvgIpc) is 3.14. The number of aromatic nitrogens is 2. The Bertz CT molecular complexity index is 1210. The number of nitrogens with zero attached hydrogens (tertiary/aromatic N) is 2. The number of benzene rings is 2. The summed E-state index contributed by atoms with van der Waals surface area (Å²) in [5.74, 6) is -0.396. The summed E-state index contributed by atoms with van der Waals surface area (Å²) in [4.78, 5) is 21.3. The molecule has 0 bridgehead atoms. The van der Waals surface area contributed by atoms with E-state index in [9.17, 15) is 9.18 Å². The Morgan fingerprint density at radius 3 is 2.76 bits per heavy atom. The van der Waals surface area contributed by atoms with Crippen LogP contribution in [-0.4, -0.2) is 15.9 Å². The maximum absolute atomic E-state index is 14.2. The van der Waals surface area contributed by atoms with Crippen molar-refractivity contribution in [2.24, 2.45) is 0 Å². The van der Waals surface area contributed by atoms with Gasteiger partial charge in [-0.15, -0.1) is 0 Å². The molecule has 0 fully saturated rings. The third-order valence-electron chi connectivity index (χ3n) is 4.01. The van der Waals surface area contributed by atoms with Crippen molar-refractivity contribution in [3.63, 3.8) is 0 Å². The van der Waals surface area contributed by atoms with Gasteiger partial charge in [0.25, 0.3) is 0 Å². The lowest BCUT2D eigenvalue weighted by Gasteiger charge is -2.08. The van der Waals surface area contributed by atoms with E-state index in [0.29, 0.717) is 21.0 Å². The molecule has 1 amide bonds. The van der Waals surface area contributed by atoms with Crippen molar-refractivity contribution >= 4 is 61.6 Å². The molecule has 0 aliphatic rings. The smallest absolute Gasteiger partial charge is 0.248 e. The molecule has 0 saturated heterocycles. The van der Waals surface area contributed by atoms with Gasteiger partial charge in [0.1, 0.15) is 17.0 Å². The number of fused-ring (bicyclic) bond motifs is 1. The maximum Gasteiger partial charge on any atom is 0.248 e. The Kier molecular flexibility index (Phi) is 5.50. The van der Waals surface area contributed by atoms with E-state index >= 15 is 0 Å². The normalized spacial score (nSPS) is 11.1. The van der Waals surface area contributed by atoms with E-state index < -0.39 is 5.82 Å². The van der Waals surface area contributed by atoms with Crippen molar-refractivity contribution in [1.82, 2.24) is 9.97 Å². The lowest BCUT2D eigenvalue weighted by Crippen LogP contribution is -2.05. The summed E-state index contributed by atoms with van der Waals surface area (Å²) in [5, 5.41) is 7.05. The molecule has 0 atom stereocenters. The quantitative estimate of drug-likeness (QED) is 0.392. The molecule has 2 aromatic carbocycles. The number of rotatable bonds is 5. The van der Waals surface area contributed by atoms with Gasteiger partial charge in [-0.2, -0.15) is 0 Å². The van der Waals surface area contributed by atoms with Crippen LogP contribution in [0.2, 0.25) is 5.02 Å². The van der Waals surface area contributed by atoms with Gasteiger partial charge in [0.15, 0.2) is 5.82 Å². The van der Waals surface area contributed by atoms with Crippen LogP contribution in [0.1, 0.15) is 5.56 Å². The summed E-state index contributed by atoms with van der Waals surface area (Å²) in [6.45, 7) is 0. The van der Waals surface area contributed by atoms with E-state index in [4.69, 9.17) is 11.6 Å². The number of hydrogen-bond donors (Lipinski definition) is 2. The molecule has 4 rings (SSSR count). The number of thiophene rings is 1. The molecule has 0 aliphatic carbocycles. The molecule has 0 spiro atoms. The lowest BCUT2D eigenvalue weighted by atomic mass is 10.2. The highest BCUT2D eigenvalue weighted by atomic mass is 35.5. The monoisotopic (exact) mass is 424 g/mol. The van der Waals surface area contributed by atoms with Gasteiger partial charge < -0.3 is 10.6 Å². The summed E-state index contributed by atoms with van der Waals surface area (Å²) in [6, 6.07) is 16.0. The van der Waals surface area contributed by atoms with Crippen molar-refractivity contribution in [3.8, 4) is 0 Å². The number of carbonyl (C=O) groups is 1. The van der Waals surface area contributed by atoms with Crippen LogP contribution < -0.4 is 10.6 Å². The van der Waals surface area contributed by atoms with E-state index in [-0.39, 0.29) is 16.6 Å². The molecule has 2 aromatic heterocycles. The fourth-order valence-electron chi connectivity index (χ4n) is 2.64. The second-order valence-corrected chi connectivity index (χ2v) is 7.45. The van der Waals surface area contributed by atoms with Crippen LogP contribution in [0.15, 0.2) is 67.0 Å². The minimum Gasteiger partial charge on any atom is -0.337 e. The molecule has 5 nitrogen and oxygen atoms in total. The third kappa shape index (κ3) is 4.42. The topological polar surface area (TPSA) is 66.9 Å². The Morgan fingerprint density at radius 1 is 1.10 bits per heavy atom. The van der Waals surface area contributed by atoms with Crippen molar-refractivity contribution in [1.29, 1.82) is 0 Å². The molecule has 8 heteroatoms. The number of anilines is 3. The summed E-state index contributed by atoms with van der Waals surface area (Å²) in [5.41, 5.74) is 1.14. The fraction of sp³-hybridized carbons (Fsp3) is 0. The number of halogens is 2. The van der Waals surface area contributed by atoms with Gasteiger partial charge in [-0.05, 0) is 29.8 Å². The van der Waals surface area contributed by atoms with E-state index in [1.807, 2.05) is 30.3 Å². The Balaban J connectivity index is 1.55. The number of nitrogens with one attached hydrogen (secondary N) is 2. The van der Waals surface area contributed by atoms with Gasteiger partial charge >= 0.3 is 0 Å². The predicted molar refractivity (Wildman–Crippen MR) is 116 cm³/mol. The highest BCUT2D eigenvalue weighted by Gasteiger charge is 2.13. The van der Waals surface area contributed by atoms with Crippen LogP contribution in [-0.2, 0) is 4.79 Å². The van der Waals surface area contributed by atoms with Crippen molar-refractivity contribution in [2.75, 3.05) is 10.6 Å². The van der Waals surface area contributed by atoms with Crippen LogP contribution >= 0.6 is 22.9 Å². The van der Waals surface area contributed by atoms with E-state index in [2.05, 4.69) is 20.6 Å². The third-order valence-corrected chi connectivity index (χ3v) is 5.26. The zero-order chi connectivity index (χ0) is 20.2. The Hall–Kier alpha value is -3.29. The van der Waals surface area contributed by atoms with Gasteiger partial charge in [0, 0.05) is 6.08 Å². The molecule has 29 heavy (non-hydrogen) atoms. The van der Waals surface area contributed by atoms with Gasteiger partial charge in [-0.25, -0.2) is 14.4 Å². The van der Waals surface area contributed by atoms with Gasteiger partial charge in [-0.3, -0.25) is 4.79 Å². The minimum absolute atomic E-state index is 0.0174. The van der Waals surface area contributed by atoms with E-state index in [1.165, 1.54) is 29.8 Å². The largest absolute Gasteiger partial charge is 0.337 e. The summed E-state index contributed by atoms with van der Waals surface area (Å²) >= 11 is 7.14. The van der Waals surface area contributed by atoms with E-state index in [1.54, 1.807) is 24.3 Å². The molecular weight excluding hydrogens is 411 g/mol. The first-order chi connectivity index (χ1) is 14.1. The lowest BCUT2D eigenvalue weighted by molar-refractivity contribution is -0.111. The second-order valence-electron chi connectivity index (χ2n) is 6.01. The van der Waals surface area contributed by atoms with Gasteiger partial charge in [-0.1, -0.05) is 59.3 Å². The average molecular weight is 425 g/mol. The Labute approximate surface area is 174 Å². The van der Waals surface area contributed by atoms with E-state index in [0.717, 1.165) is 5.56 Å². The predicted octanol–water partition coefficient (Wildman–Crippen LogP) is 5.88. The van der Waals surface area contributed by atoms with Crippen LogP contribution in [0.3, 0.4) is 0 Å². The second kappa shape index (κ2) is 8.38. The Morgan fingerprint density at radius 2 is 1.93 bits per heavy atom. The van der Waals surface area contributed by atoms with Crippen LogP contribution in [0.4, 0.5) is 20.9 Å². The molecule has 0 radical (unpaired) electrons. The molecule has 2 heterocycles. The first-order valence-corrected chi connectivity index (χ1v) is 9.79. The number of carbonyl (C=O) groups excluding carboxylic acids is 1. The summed E-state index contributed by atoms with van der Waals surface area (Å²) in [6.07, 6.45) is 4.58. The van der Waals surface area contributed by atoms with Gasteiger partial charge in [0.2, 0.25) is 5.91 Å². The molecular formula is C21H14ClFN4OS. The molecule has 144 valence electrons. The SMILES string of the molecule is O=C(/C=C/c1ccccc1)Nc1cc2c(Nc3cccc(Cl)c3F)ncnc2s1. The molecule has 4 aromatic rings. The van der Waals surface area contributed by atoms with Crippen LogP contribution in [0, 0.1) is 5.82 Å². The fourth-order valence-corrected chi connectivity index (χ4v) is 3.72. The molecule has 0 aliphatic heterocycles. The standard InChI is InChI=1S/C21H14ClFN4OS/c22-15-7-4-8-16(19(15)23)26-20-14-11-18(29-21(14)25-12-24-20)27-17(28)10-9-13-5-2-1-3-6-13/h1-12H,(H,27,28)(H,24,25,26)/b10-9+. The summed E-state index contributed by atoms with van der Waals surface area (Å²) < 4.78 is 14.2. The van der Waals surface area contributed by atoms with Crippen molar-refractivity contribution < 1.29 is 9.18 Å². The first kappa shape index (κ1) is 19.0. The zero-order valence-corrected chi connectivity index (χ0v) is 16.5. The van der Waals surface area contributed by atoms with Gasteiger partial charge in [0.05, 0.1) is 21.1 Å². The molecule has 0 unspecified atom stereocenters. The molecule has 2 N–H and O–H groups in total. The first-order valence-electron chi connectivity index (χ1n) is 8.60. The van der Waals surface area contributed by atoms with Crippen LogP contribution in [0.25, 0.3) is 16.3 Å². The van der Waals surface area contributed by atoms with Crippen molar-refractivity contribution in [3.05, 3.63) is 83.4 Å². The minimum atomic E-state index is -0.560. The maximum atomic E-state index is 14.2. The van der Waals surface area contributed by atoms with Crippen LogP contribution in [0.5, 0.6) is 0 Å². The van der Waals surface area contributed by atoms with Crippen molar-refractivity contribution in [2.45, 2.75) is 0 Å². The zero-order valence-electron chi connectivity index (χ0n) is 14.9. The number of hydrogen-bond acceptors (Lipinski definition) is 5. The summed E-state index contributed by atoms with van der Waals surface area (Å²) in [7, 11) is 0. The highest BCUT2D eigenvalue weighted by molar-refractivity contribution is 7.22. The number of amides is 1. The highest BCUT2D eigenvalue weighted by Crippen LogP contribution is 2.34.